The molecule has 24 heavy (non-hydrogen) atoms. The molecule has 0 radical (unpaired) electrons. The van der Waals surface area contributed by atoms with E-state index >= 15 is 0 Å². The van der Waals surface area contributed by atoms with Crippen LogP contribution in [-0.4, -0.2) is 37.3 Å². The van der Waals surface area contributed by atoms with Gasteiger partial charge in [-0.05, 0) is 31.2 Å². The lowest BCUT2D eigenvalue weighted by Gasteiger charge is -2.18. The van der Waals surface area contributed by atoms with E-state index in [1.54, 1.807) is 26.2 Å². The first-order valence-corrected chi connectivity index (χ1v) is 7.87. The number of carbonyl (C=O) groups excluding carboxylic acids is 1. The minimum atomic E-state index is -0.477. The van der Waals surface area contributed by atoms with Crippen molar-refractivity contribution in [3.63, 3.8) is 0 Å². The summed E-state index contributed by atoms with van der Waals surface area (Å²) in [7, 11) is 1.62. The maximum absolute atomic E-state index is 12.3. The van der Waals surface area contributed by atoms with Crippen LogP contribution in [0.4, 0.5) is 11.5 Å². The van der Waals surface area contributed by atoms with Gasteiger partial charge >= 0.3 is 0 Å². The number of nitrogens with zero attached hydrogens (tertiary/aromatic N) is 1. The van der Waals surface area contributed by atoms with Gasteiger partial charge in [-0.2, -0.15) is 0 Å². The number of anilines is 2. The number of amides is 1. The molecule has 0 aliphatic heterocycles. The van der Waals surface area contributed by atoms with Crippen LogP contribution in [0.5, 0.6) is 5.75 Å². The number of methoxy groups -OCH3 is 1. The Bertz CT molecular complexity index is 664. The molecule has 6 nitrogen and oxygen atoms in total. The third-order valence-corrected chi connectivity index (χ3v) is 3.40. The van der Waals surface area contributed by atoms with Crippen LogP contribution in [0.2, 0.25) is 5.02 Å². The van der Waals surface area contributed by atoms with E-state index in [0.29, 0.717) is 29.8 Å². The van der Waals surface area contributed by atoms with Gasteiger partial charge in [0.2, 0.25) is 5.91 Å². The van der Waals surface area contributed by atoms with E-state index in [1.807, 2.05) is 24.3 Å². The Morgan fingerprint density at radius 2 is 2.04 bits per heavy atom. The number of nitrogens with one attached hydrogen (secondary N) is 2. The van der Waals surface area contributed by atoms with Crippen molar-refractivity contribution in [2.45, 2.75) is 13.0 Å². The fourth-order valence-electron chi connectivity index (χ4n) is 1.93. The number of carbonyl (C=O) groups is 1. The van der Waals surface area contributed by atoms with E-state index in [4.69, 9.17) is 21.1 Å². The third kappa shape index (κ3) is 5.40. The highest BCUT2D eigenvalue weighted by atomic mass is 35.5. The molecule has 1 unspecified atom stereocenters. The molecule has 2 N–H and O–H groups in total. The Balaban J connectivity index is 1.96. The van der Waals surface area contributed by atoms with Crippen molar-refractivity contribution in [1.29, 1.82) is 0 Å². The molecule has 0 aliphatic carbocycles. The minimum absolute atomic E-state index is 0.212. The van der Waals surface area contributed by atoms with Crippen molar-refractivity contribution in [3.05, 3.63) is 47.6 Å². The lowest BCUT2D eigenvalue weighted by molar-refractivity contribution is -0.116. The number of hydrogen-bond acceptors (Lipinski definition) is 5. The van der Waals surface area contributed by atoms with Crippen LogP contribution in [0.1, 0.15) is 6.92 Å². The fourth-order valence-corrected chi connectivity index (χ4v) is 2.04. The van der Waals surface area contributed by atoms with Crippen molar-refractivity contribution in [1.82, 2.24) is 4.98 Å². The van der Waals surface area contributed by atoms with E-state index in [0.717, 1.165) is 5.69 Å². The summed E-state index contributed by atoms with van der Waals surface area (Å²) in [5.74, 6) is 0.901. The molecular formula is C17H20ClN3O3. The summed E-state index contributed by atoms with van der Waals surface area (Å²) in [4.78, 5) is 16.3. The molecule has 0 fully saturated rings. The quantitative estimate of drug-likeness (QED) is 0.716. The second-order valence-corrected chi connectivity index (χ2v) is 5.49. The van der Waals surface area contributed by atoms with Crippen LogP contribution >= 0.6 is 11.6 Å². The number of halogens is 1. The van der Waals surface area contributed by atoms with Gasteiger partial charge in [0.05, 0.1) is 17.3 Å². The van der Waals surface area contributed by atoms with E-state index < -0.39 is 6.04 Å². The Hall–Kier alpha value is -2.31. The highest BCUT2D eigenvalue weighted by molar-refractivity contribution is 6.30. The van der Waals surface area contributed by atoms with Crippen molar-refractivity contribution in [2.24, 2.45) is 0 Å². The Labute approximate surface area is 146 Å². The number of benzene rings is 1. The van der Waals surface area contributed by atoms with Gasteiger partial charge in [0.25, 0.3) is 0 Å². The van der Waals surface area contributed by atoms with Crippen molar-refractivity contribution >= 4 is 29.0 Å². The lowest BCUT2D eigenvalue weighted by Crippen LogP contribution is -2.32. The Morgan fingerprint density at radius 1 is 1.25 bits per heavy atom. The van der Waals surface area contributed by atoms with Crippen LogP contribution < -0.4 is 15.4 Å². The van der Waals surface area contributed by atoms with Gasteiger partial charge in [-0.25, -0.2) is 4.98 Å². The molecule has 7 heteroatoms. The van der Waals surface area contributed by atoms with Gasteiger partial charge in [0.1, 0.15) is 24.2 Å². The number of para-hydroxylation sites is 2. The summed E-state index contributed by atoms with van der Waals surface area (Å²) in [6.07, 6.45) is 1.48. The number of hydrogen-bond donors (Lipinski definition) is 2. The standard InChI is InChI=1S/C17H20ClN3O3/c1-12(17(22)21-16-8-7-13(18)11-19-16)20-14-5-3-4-6-15(14)24-10-9-23-2/h3-8,11-12,20H,9-10H2,1-2H3,(H,19,21,22). The van der Waals surface area contributed by atoms with Crippen LogP contribution in [0.15, 0.2) is 42.6 Å². The molecule has 0 bridgehead atoms. The van der Waals surface area contributed by atoms with Crippen molar-refractivity contribution < 1.29 is 14.3 Å². The van der Waals surface area contributed by atoms with Gasteiger partial charge in [0, 0.05) is 13.3 Å². The first-order valence-electron chi connectivity index (χ1n) is 7.50. The summed E-state index contributed by atoms with van der Waals surface area (Å²) < 4.78 is 10.6. The van der Waals surface area contributed by atoms with E-state index in [9.17, 15) is 4.79 Å². The molecule has 0 spiro atoms. The van der Waals surface area contributed by atoms with Gasteiger partial charge in [-0.15, -0.1) is 0 Å². The van der Waals surface area contributed by atoms with Crippen LogP contribution in [-0.2, 0) is 9.53 Å². The van der Waals surface area contributed by atoms with Crippen LogP contribution in [0.25, 0.3) is 0 Å². The summed E-state index contributed by atoms with van der Waals surface area (Å²) in [5, 5.41) is 6.38. The maximum Gasteiger partial charge on any atom is 0.247 e. The average molecular weight is 350 g/mol. The van der Waals surface area contributed by atoms with Crippen LogP contribution in [0, 0.1) is 0 Å². The van der Waals surface area contributed by atoms with Crippen molar-refractivity contribution in [2.75, 3.05) is 31.0 Å². The van der Waals surface area contributed by atoms with E-state index in [-0.39, 0.29) is 5.91 Å². The first-order chi connectivity index (χ1) is 11.6. The summed E-state index contributed by atoms with van der Waals surface area (Å²) in [6, 6.07) is 10.3. The Morgan fingerprint density at radius 3 is 2.75 bits per heavy atom. The highest BCUT2D eigenvalue weighted by Gasteiger charge is 2.15. The number of ether oxygens (including phenoxy) is 2. The molecule has 1 aromatic heterocycles. The molecule has 1 heterocycles. The molecular weight excluding hydrogens is 330 g/mol. The van der Waals surface area contributed by atoms with E-state index in [1.165, 1.54) is 6.20 Å². The number of pyridine rings is 1. The minimum Gasteiger partial charge on any atom is -0.489 e. The number of rotatable bonds is 8. The molecule has 0 aliphatic rings. The monoisotopic (exact) mass is 349 g/mol. The van der Waals surface area contributed by atoms with Gasteiger partial charge in [0.15, 0.2) is 0 Å². The number of aromatic nitrogens is 1. The molecule has 1 aromatic carbocycles. The second kappa shape index (κ2) is 9.10. The summed E-state index contributed by atoms with van der Waals surface area (Å²) >= 11 is 5.78. The zero-order chi connectivity index (χ0) is 17.4. The molecule has 0 saturated carbocycles. The molecule has 2 rings (SSSR count). The average Bonchev–Trinajstić information content (AvgIpc) is 2.58. The predicted octanol–water partition coefficient (Wildman–Crippen LogP) is 3.20. The third-order valence-electron chi connectivity index (χ3n) is 3.18. The summed E-state index contributed by atoms with van der Waals surface area (Å²) in [6.45, 7) is 2.69. The summed E-state index contributed by atoms with van der Waals surface area (Å²) in [5.41, 5.74) is 0.736. The fraction of sp³-hybridized carbons (Fsp3) is 0.294. The molecule has 2 aromatic rings. The Kier molecular flexibility index (Phi) is 6.84. The highest BCUT2D eigenvalue weighted by Crippen LogP contribution is 2.24. The van der Waals surface area contributed by atoms with Gasteiger partial charge in [-0.3, -0.25) is 4.79 Å². The van der Waals surface area contributed by atoms with E-state index in [2.05, 4.69) is 15.6 Å². The van der Waals surface area contributed by atoms with Gasteiger partial charge < -0.3 is 20.1 Å². The van der Waals surface area contributed by atoms with Gasteiger partial charge in [-0.1, -0.05) is 23.7 Å². The zero-order valence-corrected chi connectivity index (χ0v) is 14.3. The largest absolute Gasteiger partial charge is 0.489 e. The first kappa shape index (κ1) is 18.0. The smallest absolute Gasteiger partial charge is 0.247 e. The second-order valence-electron chi connectivity index (χ2n) is 5.05. The zero-order valence-electron chi connectivity index (χ0n) is 13.6. The normalized spacial score (nSPS) is 11.6. The SMILES string of the molecule is COCCOc1ccccc1NC(C)C(=O)Nc1ccc(Cl)cn1. The predicted molar refractivity (Wildman–Crippen MR) is 94.8 cm³/mol. The molecule has 1 atom stereocenters. The maximum atomic E-state index is 12.3. The van der Waals surface area contributed by atoms with Crippen LogP contribution in [0.3, 0.4) is 0 Å². The molecule has 128 valence electrons. The molecule has 0 saturated heterocycles. The van der Waals surface area contributed by atoms with Crippen molar-refractivity contribution in [3.8, 4) is 5.75 Å². The lowest BCUT2D eigenvalue weighted by atomic mass is 10.2. The molecule has 1 amide bonds. The topological polar surface area (TPSA) is 72.5 Å².